The zero-order chi connectivity index (χ0) is 15.7. The Labute approximate surface area is 133 Å². The van der Waals surface area contributed by atoms with E-state index in [1.165, 1.54) is 0 Å². The lowest BCUT2D eigenvalue weighted by Crippen LogP contribution is -2.41. The molecule has 2 N–H and O–H groups in total. The third-order valence-corrected chi connectivity index (χ3v) is 5.66. The van der Waals surface area contributed by atoms with Crippen molar-refractivity contribution >= 4 is 11.8 Å². The molecular formula is C17H29NO2S. The number of aliphatic hydroxyl groups is 1. The van der Waals surface area contributed by atoms with Gasteiger partial charge in [-0.2, -0.15) is 11.8 Å². The maximum atomic E-state index is 10.0. The summed E-state index contributed by atoms with van der Waals surface area (Å²) in [6, 6.07) is 7.87. The Bertz CT molecular complexity index is 399. The van der Waals surface area contributed by atoms with E-state index in [0.717, 1.165) is 30.7 Å². The van der Waals surface area contributed by atoms with Crippen molar-refractivity contribution in [3.05, 3.63) is 29.8 Å². The van der Waals surface area contributed by atoms with Crippen LogP contribution in [0.1, 0.15) is 32.3 Å². The monoisotopic (exact) mass is 311 g/mol. The third-order valence-electron chi connectivity index (χ3n) is 4.07. The van der Waals surface area contributed by atoms with Crippen LogP contribution in [-0.2, 0) is 0 Å². The van der Waals surface area contributed by atoms with E-state index in [4.69, 9.17) is 4.74 Å². The lowest BCUT2D eigenvalue weighted by Gasteiger charge is -2.30. The summed E-state index contributed by atoms with van der Waals surface area (Å²) in [5.41, 5.74) is 1.09. The van der Waals surface area contributed by atoms with E-state index in [9.17, 15) is 5.11 Å². The zero-order valence-corrected chi connectivity index (χ0v) is 14.5. The van der Waals surface area contributed by atoms with Gasteiger partial charge >= 0.3 is 0 Å². The molecule has 1 atom stereocenters. The predicted octanol–water partition coefficient (Wildman–Crippen LogP) is 3.25. The highest BCUT2D eigenvalue weighted by atomic mass is 32.2. The van der Waals surface area contributed by atoms with Gasteiger partial charge in [0.1, 0.15) is 18.5 Å². The second-order valence-corrected chi connectivity index (χ2v) is 6.73. The standard InChI is InChI=1S/C17H29NO2S/c1-5-17(6-2,21-4)13-18-11-15(19)12-20-16-10-8-7-9-14(16)3/h7-10,15,18-19H,5-6,11-13H2,1-4H3. The maximum absolute atomic E-state index is 10.0. The van der Waals surface area contributed by atoms with Crippen LogP contribution in [0, 0.1) is 6.92 Å². The van der Waals surface area contributed by atoms with Crippen LogP contribution in [0.25, 0.3) is 0 Å². The Balaban J connectivity index is 2.31. The van der Waals surface area contributed by atoms with Crippen molar-refractivity contribution in [2.24, 2.45) is 0 Å². The molecule has 0 spiro atoms. The SMILES string of the molecule is CCC(CC)(CNCC(O)COc1ccccc1C)SC. The van der Waals surface area contributed by atoms with Crippen LogP contribution in [0.4, 0.5) is 0 Å². The highest BCUT2D eigenvalue weighted by Gasteiger charge is 2.24. The molecule has 3 nitrogen and oxygen atoms in total. The summed E-state index contributed by atoms with van der Waals surface area (Å²) in [6.07, 6.45) is 3.94. The number of para-hydroxylation sites is 1. The average molecular weight is 311 g/mol. The molecule has 0 saturated heterocycles. The fraction of sp³-hybridized carbons (Fsp3) is 0.647. The molecule has 0 radical (unpaired) electrons. The summed E-state index contributed by atoms with van der Waals surface area (Å²) in [7, 11) is 0. The number of aryl methyl sites for hydroxylation is 1. The normalized spacial score (nSPS) is 13.2. The number of rotatable bonds is 10. The molecule has 1 aromatic rings. The molecule has 4 heteroatoms. The minimum Gasteiger partial charge on any atom is -0.491 e. The van der Waals surface area contributed by atoms with Crippen LogP contribution in [0.5, 0.6) is 5.75 Å². The number of benzene rings is 1. The summed E-state index contributed by atoms with van der Waals surface area (Å²) in [5, 5.41) is 13.4. The molecule has 0 fully saturated rings. The summed E-state index contributed by atoms with van der Waals surface area (Å²) < 4.78 is 5.94. The van der Waals surface area contributed by atoms with Crippen LogP contribution in [0.15, 0.2) is 24.3 Å². The van der Waals surface area contributed by atoms with E-state index >= 15 is 0 Å². The molecule has 1 unspecified atom stereocenters. The average Bonchev–Trinajstić information content (AvgIpc) is 2.51. The van der Waals surface area contributed by atoms with Gasteiger partial charge in [0, 0.05) is 17.8 Å². The van der Waals surface area contributed by atoms with Gasteiger partial charge in [0.2, 0.25) is 0 Å². The zero-order valence-electron chi connectivity index (χ0n) is 13.7. The first-order chi connectivity index (χ1) is 10.1. The summed E-state index contributed by atoms with van der Waals surface area (Å²) in [5.74, 6) is 0.845. The Morgan fingerprint density at radius 1 is 1.29 bits per heavy atom. The number of nitrogens with one attached hydrogen (secondary N) is 1. The quantitative estimate of drug-likeness (QED) is 0.696. The van der Waals surface area contributed by atoms with Gasteiger partial charge in [0.15, 0.2) is 0 Å². The summed E-state index contributed by atoms with van der Waals surface area (Å²) in [4.78, 5) is 0. The lowest BCUT2D eigenvalue weighted by atomic mass is 10.0. The molecule has 120 valence electrons. The van der Waals surface area contributed by atoms with Crippen molar-refractivity contribution in [3.8, 4) is 5.75 Å². The molecule has 0 bridgehead atoms. The molecule has 0 amide bonds. The predicted molar refractivity (Wildman–Crippen MR) is 92.4 cm³/mol. The van der Waals surface area contributed by atoms with Crippen molar-refractivity contribution in [2.45, 2.75) is 44.5 Å². The number of hydrogen-bond acceptors (Lipinski definition) is 4. The molecule has 0 aromatic heterocycles. The maximum Gasteiger partial charge on any atom is 0.122 e. The van der Waals surface area contributed by atoms with Gasteiger partial charge in [0.25, 0.3) is 0 Å². The van der Waals surface area contributed by atoms with Crippen molar-refractivity contribution < 1.29 is 9.84 Å². The molecule has 0 heterocycles. The van der Waals surface area contributed by atoms with Gasteiger partial charge in [-0.05, 0) is 37.7 Å². The van der Waals surface area contributed by atoms with E-state index in [0.29, 0.717) is 13.2 Å². The molecule has 1 aromatic carbocycles. The molecule has 0 aliphatic carbocycles. The minimum atomic E-state index is -0.488. The molecule has 0 saturated carbocycles. The van der Waals surface area contributed by atoms with Crippen molar-refractivity contribution in [3.63, 3.8) is 0 Å². The van der Waals surface area contributed by atoms with Gasteiger partial charge in [0.05, 0.1) is 0 Å². The molecule has 1 rings (SSSR count). The highest BCUT2D eigenvalue weighted by Crippen LogP contribution is 2.29. The van der Waals surface area contributed by atoms with Gasteiger partial charge < -0.3 is 15.2 Å². The van der Waals surface area contributed by atoms with Crippen LogP contribution < -0.4 is 10.1 Å². The fourth-order valence-corrected chi connectivity index (χ4v) is 3.11. The Hall–Kier alpha value is -0.710. The topological polar surface area (TPSA) is 41.5 Å². The van der Waals surface area contributed by atoms with E-state index < -0.39 is 6.10 Å². The number of hydrogen-bond donors (Lipinski definition) is 2. The Morgan fingerprint density at radius 2 is 1.95 bits per heavy atom. The van der Waals surface area contributed by atoms with Gasteiger partial charge in [-0.25, -0.2) is 0 Å². The molecule has 21 heavy (non-hydrogen) atoms. The van der Waals surface area contributed by atoms with E-state index in [1.807, 2.05) is 43.0 Å². The van der Waals surface area contributed by atoms with Crippen LogP contribution in [-0.4, -0.2) is 41.9 Å². The van der Waals surface area contributed by atoms with Crippen molar-refractivity contribution in [1.29, 1.82) is 0 Å². The van der Waals surface area contributed by atoms with Crippen molar-refractivity contribution in [1.82, 2.24) is 5.32 Å². The second-order valence-electron chi connectivity index (χ2n) is 5.46. The van der Waals surface area contributed by atoms with Gasteiger partial charge in [-0.1, -0.05) is 32.0 Å². The minimum absolute atomic E-state index is 0.274. The lowest BCUT2D eigenvalue weighted by molar-refractivity contribution is 0.105. The van der Waals surface area contributed by atoms with Crippen LogP contribution in [0.3, 0.4) is 0 Å². The smallest absolute Gasteiger partial charge is 0.122 e. The Morgan fingerprint density at radius 3 is 2.52 bits per heavy atom. The van der Waals surface area contributed by atoms with E-state index in [2.05, 4.69) is 25.4 Å². The third kappa shape index (κ3) is 5.89. The van der Waals surface area contributed by atoms with Crippen LogP contribution >= 0.6 is 11.8 Å². The number of ether oxygens (including phenoxy) is 1. The highest BCUT2D eigenvalue weighted by molar-refractivity contribution is 8.00. The molecular weight excluding hydrogens is 282 g/mol. The first-order valence-electron chi connectivity index (χ1n) is 7.69. The first kappa shape index (κ1) is 18.3. The van der Waals surface area contributed by atoms with Gasteiger partial charge in [-0.15, -0.1) is 0 Å². The summed E-state index contributed by atoms with van der Waals surface area (Å²) >= 11 is 1.91. The van der Waals surface area contributed by atoms with Gasteiger partial charge in [-0.3, -0.25) is 0 Å². The number of aliphatic hydroxyl groups excluding tert-OH is 1. The largest absolute Gasteiger partial charge is 0.491 e. The molecule has 0 aliphatic heterocycles. The number of thioether (sulfide) groups is 1. The van der Waals surface area contributed by atoms with Crippen molar-refractivity contribution in [2.75, 3.05) is 26.0 Å². The van der Waals surface area contributed by atoms with E-state index in [1.54, 1.807) is 0 Å². The van der Waals surface area contributed by atoms with Crippen LogP contribution in [0.2, 0.25) is 0 Å². The first-order valence-corrected chi connectivity index (χ1v) is 8.91. The Kier molecular flexibility index (Phi) is 8.15. The molecule has 0 aliphatic rings. The summed E-state index contributed by atoms with van der Waals surface area (Å²) in [6.45, 7) is 8.26. The van der Waals surface area contributed by atoms with E-state index in [-0.39, 0.29) is 4.75 Å². The fourth-order valence-electron chi connectivity index (χ4n) is 2.29. The second kappa shape index (κ2) is 9.34.